The molecule has 1 saturated carbocycles. The molecule has 0 radical (unpaired) electrons. The van der Waals surface area contributed by atoms with Crippen molar-refractivity contribution in [1.29, 1.82) is 0 Å². The second-order valence-electron chi connectivity index (χ2n) is 8.58. The van der Waals surface area contributed by atoms with Crippen LogP contribution < -0.4 is 5.32 Å². The summed E-state index contributed by atoms with van der Waals surface area (Å²) >= 11 is 0. The van der Waals surface area contributed by atoms with E-state index in [1.165, 1.54) is 38.9 Å². The van der Waals surface area contributed by atoms with Gasteiger partial charge < -0.3 is 10.2 Å². The van der Waals surface area contributed by atoms with Gasteiger partial charge >= 0.3 is 0 Å². The average molecular weight is 295 g/mol. The maximum absolute atomic E-state index is 4.02. The van der Waals surface area contributed by atoms with E-state index in [-0.39, 0.29) is 0 Å². The molecule has 2 fully saturated rings. The highest BCUT2D eigenvalue weighted by molar-refractivity contribution is 4.95. The molecular formula is C19H38N2. The molecule has 1 heterocycles. The lowest BCUT2D eigenvalue weighted by atomic mass is 9.72. The summed E-state index contributed by atoms with van der Waals surface area (Å²) in [6.07, 6.45) is 4.33. The van der Waals surface area contributed by atoms with E-state index < -0.39 is 0 Å². The van der Waals surface area contributed by atoms with Crippen LogP contribution >= 0.6 is 0 Å². The van der Waals surface area contributed by atoms with E-state index in [1.807, 2.05) is 0 Å². The largest absolute Gasteiger partial charge is 0.313 e. The number of nitrogens with one attached hydrogen (secondary N) is 1. The van der Waals surface area contributed by atoms with Crippen LogP contribution in [-0.4, -0.2) is 36.6 Å². The molecule has 0 spiro atoms. The minimum absolute atomic E-state index is 0.716. The Morgan fingerprint density at radius 1 is 0.905 bits per heavy atom. The van der Waals surface area contributed by atoms with Crippen molar-refractivity contribution in [2.75, 3.05) is 19.6 Å². The highest BCUT2D eigenvalue weighted by Gasteiger charge is 2.40. The quantitative estimate of drug-likeness (QED) is 0.796. The van der Waals surface area contributed by atoms with Crippen LogP contribution in [0.25, 0.3) is 0 Å². The number of fused-ring (bicyclic) bond motifs is 2. The van der Waals surface area contributed by atoms with Gasteiger partial charge in [-0.25, -0.2) is 0 Å². The van der Waals surface area contributed by atoms with Gasteiger partial charge in [0, 0.05) is 25.2 Å². The molecule has 2 bridgehead atoms. The van der Waals surface area contributed by atoms with Crippen LogP contribution in [-0.2, 0) is 0 Å². The van der Waals surface area contributed by atoms with E-state index >= 15 is 0 Å². The zero-order valence-electron chi connectivity index (χ0n) is 15.2. The van der Waals surface area contributed by atoms with Gasteiger partial charge in [0.25, 0.3) is 0 Å². The molecule has 124 valence electrons. The number of hydrogen-bond acceptors (Lipinski definition) is 2. The predicted molar refractivity (Wildman–Crippen MR) is 92.5 cm³/mol. The summed E-state index contributed by atoms with van der Waals surface area (Å²) in [4.78, 5) is 2.72. The zero-order valence-corrected chi connectivity index (χ0v) is 15.2. The molecule has 2 aliphatic rings. The standard InChI is InChI=1S/C19H38N2/c1-13(2)18(14(3)4)10-20-19-16-8-7-9-17(19)12-21(11-16)15(5)6/h13-20H,7-12H2,1-6H3. The maximum atomic E-state index is 4.02. The van der Waals surface area contributed by atoms with Gasteiger partial charge in [0.05, 0.1) is 0 Å². The number of likely N-dealkylation sites (tertiary alicyclic amines) is 1. The molecule has 1 N–H and O–H groups in total. The fourth-order valence-corrected chi connectivity index (χ4v) is 4.74. The van der Waals surface area contributed by atoms with Crippen LogP contribution in [0, 0.1) is 29.6 Å². The molecule has 1 aliphatic heterocycles. The molecule has 0 amide bonds. The smallest absolute Gasteiger partial charge is 0.0148 e. The Morgan fingerprint density at radius 3 is 1.86 bits per heavy atom. The first-order valence-electron chi connectivity index (χ1n) is 9.37. The SMILES string of the molecule is CC(C)C(CNC1C2CCCC1CN(C(C)C)C2)C(C)C. The Morgan fingerprint density at radius 2 is 1.43 bits per heavy atom. The van der Waals surface area contributed by atoms with E-state index in [9.17, 15) is 0 Å². The van der Waals surface area contributed by atoms with E-state index in [2.05, 4.69) is 51.8 Å². The second-order valence-corrected chi connectivity index (χ2v) is 8.58. The average Bonchev–Trinajstić information content (AvgIpc) is 2.36. The molecule has 2 rings (SSSR count). The first-order valence-corrected chi connectivity index (χ1v) is 9.37. The summed E-state index contributed by atoms with van der Waals surface area (Å²) in [7, 11) is 0. The van der Waals surface area contributed by atoms with Gasteiger partial charge in [0.15, 0.2) is 0 Å². The maximum Gasteiger partial charge on any atom is 0.0148 e. The predicted octanol–water partition coefficient (Wildman–Crippen LogP) is 4.01. The summed E-state index contributed by atoms with van der Waals surface area (Å²) in [5, 5.41) is 4.02. The summed E-state index contributed by atoms with van der Waals surface area (Å²) < 4.78 is 0. The Bertz CT molecular complexity index is 289. The van der Waals surface area contributed by atoms with Gasteiger partial charge in [-0.1, -0.05) is 34.1 Å². The zero-order chi connectivity index (χ0) is 15.6. The highest BCUT2D eigenvalue weighted by Crippen LogP contribution is 2.36. The van der Waals surface area contributed by atoms with E-state index in [0.29, 0.717) is 6.04 Å². The molecule has 0 aromatic carbocycles. The lowest BCUT2D eigenvalue weighted by Crippen LogP contribution is -2.59. The number of nitrogens with zero attached hydrogens (tertiary/aromatic N) is 1. The van der Waals surface area contributed by atoms with Crippen molar-refractivity contribution in [1.82, 2.24) is 10.2 Å². The minimum atomic E-state index is 0.716. The summed E-state index contributed by atoms with van der Waals surface area (Å²) in [6, 6.07) is 1.50. The second kappa shape index (κ2) is 7.46. The lowest BCUT2D eigenvalue weighted by molar-refractivity contribution is 0.0262. The Labute approximate surface area is 133 Å². The molecule has 2 heteroatoms. The molecule has 1 aliphatic carbocycles. The van der Waals surface area contributed by atoms with Crippen LogP contribution in [0.5, 0.6) is 0 Å². The van der Waals surface area contributed by atoms with Crippen LogP contribution in [0.1, 0.15) is 60.8 Å². The Hall–Kier alpha value is -0.0800. The van der Waals surface area contributed by atoms with Crippen LogP contribution in [0.4, 0.5) is 0 Å². The van der Waals surface area contributed by atoms with Crippen molar-refractivity contribution in [3.63, 3.8) is 0 Å². The molecule has 0 aromatic heterocycles. The van der Waals surface area contributed by atoms with Gasteiger partial charge in [-0.3, -0.25) is 0 Å². The molecule has 1 saturated heterocycles. The van der Waals surface area contributed by atoms with E-state index in [1.54, 1.807) is 0 Å². The minimum Gasteiger partial charge on any atom is -0.313 e. The van der Waals surface area contributed by atoms with Gasteiger partial charge in [0.2, 0.25) is 0 Å². The van der Waals surface area contributed by atoms with Crippen molar-refractivity contribution >= 4 is 0 Å². The Kier molecular flexibility index (Phi) is 6.14. The van der Waals surface area contributed by atoms with Gasteiger partial charge in [-0.05, 0) is 62.8 Å². The first-order chi connectivity index (χ1) is 9.90. The third-order valence-electron chi connectivity index (χ3n) is 6.14. The van der Waals surface area contributed by atoms with Gasteiger partial charge in [-0.15, -0.1) is 0 Å². The molecular weight excluding hydrogens is 256 g/mol. The fourth-order valence-electron chi connectivity index (χ4n) is 4.74. The van der Waals surface area contributed by atoms with Crippen molar-refractivity contribution in [2.24, 2.45) is 29.6 Å². The monoisotopic (exact) mass is 294 g/mol. The van der Waals surface area contributed by atoms with Gasteiger partial charge in [0.1, 0.15) is 0 Å². The Balaban J connectivity index is 1.94. The van der Waals surface area contributed by atoms with Crippen molar-refractivity contribution in [3.8, 4) is 0 Å². The lowest BCUT2D eigenvalue weighted by Gasteiger charge is -2.49. The normalized spacial score (nSPS) is 30.9. The van der Waals surface area contributed by atoms with Crippen molar-refractivity contribution in [2.45, 2.75) is 72.9 Å². The summed E-state index contributed by atoms with van der Waals surface area (Å²) in [5.41, 5.74) is 0. The molecule has 0 aromatic rings. The van der Waals surface area contributed by atoms with Crippen molar-refractivity contribution < 1.29 is 0 Å². The summed E-state index contributed by atoms with van der Waals surface area (Å²) in [5.74, 6) is 4.16. The number of rotatable bonds is 6. The number of hydrogen-bond donors (Lipinski definition) is 1. The highest BCUT2D eigenvalue weighted by atomic mass is 15.2. The van der Waals surface area contributed by atoms with E-state index in [4.69, 9.17) is 0 Å². The first kappa shape index (κ1) is 17.3. The third kappa shape index (κ3) is 4.22. The molecule has 2 nitrogen and oxygen atoms in total. The third-order valence-corrected chi connectivity index (χ3v) is 6.14. The van der Waals surface area contributed by atoms with Crippen LogP contribution in [0.2, 0.25) is 0 Å². The number of piperidine rings is 1. The van der Waals surface area contributed by atoms with Crippen molar-refractivity contribution in [3.05, 3.63) is 0 Å². The molecule has 21 heavy (non-hydrogen) atoms. The topological polar surface area (TPSA) is 15.3 Å². The van der Waals surface area contributed by atoms with Crippen LogP contribution in [0.15, 0.2) is 0 Å². The molecule has 2 unspecified atom stereocenters. The fraction of sp³-hybridized carbons (Fsp3) is 1.00. The van der Waals surface area contributed by atoms with Gasteiger partial charge in [-0.2, -0.15) is 0 Å². The summed E-state index contributed by atoms with van der Waals surface area (Å²) in [6.45, 7) is 18.1. The molecule has 2 atom stereocenters. The van der Waals surface area contributed by atoms with Crippen LogP contribution in [0.3, 0.4) is 0 Å². The van der Waals surface area contributed by atoms with E-state index in [0.717, 1.165) is 35.6 Å².